The fourth-order valence-corrected chi connectivity index (χ4v) is 2.46. The van der Waals surface area contributed by atoms with Crippen LogP contribution in [0.3, 0.4) is 0 Å². The molecule has 1 N–H and O–H groups in total. The van der Waals surface area contributed by atoms with Crippen LogP contribution >= 0.6 is 0 Å². The van der Waals surface area contributed by atoms with Gasteiger partial charge in [0.15, 0.2) is 0 Å². The summed E-state index contributed by atoms with van der Waals surface area (Å²) in [6.07, 6.45) is 3.07. The van der Waals surface area contributed by atoms with E-state index in [1.807, 2.05) is 45.0 Å². The normalized spacial score (nSPS) is 15.1. The maximum atomic E-state index is 12.2. The Labute approximate surface area is 154 Å². The Morgan fingerprint density at radius 2 is 1.77 bits per heavy atom. The number of benzene rings is 1. The Morgan fingerprint density at radius 1 is 1.12 bits per heavy atom. The smallest absolute Gasteiger partial charge is 0.410 e. The highest BCUT2D eigenvalue weighted by molar-refractivity contribution is 5.77. The minimum absolute atomic E-state index is 0.187. The van der Waals surface area contributed by atoms with Crippen molar-refractivity contribution in [3.05, 3.63) is 36.0 Å². The van der Waals surface area contributed by atoms with E-state index in [1.165, 1.54) is 0 Å². The molecule has 26 heavy (non-hydrogen) atoms. The summed E-state index contributed by atoms with van der Waals surface area (Å²) >= 11 is 0. The summed E-state index contributed by atoms with van der Waals surface area (Å²) in [5, 5.41) is 2.75. The van der Waals surface area contributed by atoms with E-state index < -0.39 is 5.60 Å². The molecule has 0 unspecified atom stereocenters. The highest BCUT2D eigenvalue weighted by atomic mass is 16.6. The zero-order valence-corrected chi connectivity index (χ0v) is 15.8. The fraction of sp³-hybridized carbons (Fsp3) is 0.474. The van der Waals surface area contributed by atoms with Gasteiger partial charge in [-0.2, -0.15) is 0 Å². The molecule has 2 rings (SSSR count). The van der Waals surface area contributed by atoms with Crippen LogP contribution in [0.25, 0.3) is 6.08 Å². The van der Waals surface area contributed by atoms with Crippen LogP contribution < -0.4 is 10.1 Å². The van der Waals surface area contributed by atoms with Crippen molar-refractivity contribution in [2.75, 3.05) is 33.3 Å². The molecule has 1 aromatic carbocycles. The molecule has 0 aliphatic carbocycles. The molecule has 3 amide bonds. The van der Waals surface area contributed by atoms with Crippen LogP contribution in [0.2, 0.25) is 0 Å². The Hall–Kier alpha value is -2.70. The number of hydrogen-bond donors (Lipinski definition) is 1. The first-order valence-corrected chi connectivity index (χ1v) is 8.62. The molecule has 1 fully saturated rings. The van der Waals surface area contributed by atoms with Gasteiger partial charge in [0.25, 0.3) is 0 Å². The van der Waals surface area contributed by atoms with Crippen molar-refractivity contribution in [1.82, 2.24) is 15.1 Å². The van der Waals surface area contributed by atoms with E-state index in [1.54, 1.807) is 29.2 Å². The summed E-state index contributed by atoms with van der Waals surface area (Å²) in [6, 6.07) is 7.36. The highest BCUT2D eigenvalue weighted by Crippen LogP contribution is 2.14. The van der Waals surface area contributed by atoms with Gasteiger partial charge in [-0.3, -0.25) is 0 Å². The summed E-state index contributed by atoms with van der Waals surface area (Å²) in [4.78, 5) is 27.6. The molecule has 0 aromatic heterocycles. The van der Waals surface area contributed by atoms with Crippen LogP contribution in [0.5, 0.6) is 5.75 Å². The topological polar surface area (TPSA) is 71.1 Å². The summed E-state index contributed by atoms with van der Waals surface area (Å²) in [5.41, 5.74) is 0.413. The van der Waals surface area contributed by atoms with E-state index in [0.29, 0.717) is 26.2 Å². The van der Waals surface area contributed by atoms with Crippen LogP contribution in [-0.4, -0.2) is 60.8 Å². The molecule has 0 bridgehead atoms. The lowest BCUT2D eigenvalue weighted by molar-refractivity contribution is 0.0171. The van der Waals surface area contributed by atoms with Gasteiger partial charge in [0.2, 0.25) is 0 Å². The summed E-state index contributed by atoms with van der Waals surface area (Å²) in [5.74, 6) is 0.761. The zero-order chi connectivity index (χ0) is 19.2. The first-order chi connectivity index (χ1) is 12.3. The molecule has 1 saturated heterocycles. The fourth-order valence-electron chi connectivity index (χ4n) is 2.46. The second-order valence-electron chi connectivity index (χ2n) is 7.01. The molecular formula is C19H27N3O4. The molecule has 1 aromatic rings. The second-order valence-corrected chi connectivity index (χ2v) is 7.01. The maximum absolute atomic E-state index is 12.2. The maximum Gasteiger partial charge on any atom is 0.410 e. The average molecular weight is 361 g/mol. The number of carbonyl (C=O) groups excluding carboxylic acids is 2. The number of piperazine rings is 1. The molecular weight excluding hydrogens is 334 g/mol. The first-order valence-electron chi connectivity index (χ1n) is 8.62. The van der Waals surface area contributed by atoms with Crippen molar-refractivity contribution in [2.24, 2.45) is 0 Å². The predicted octanol–water partition coefficient (Wildman–Crippen LogP) is 2.93. The van der Waals surface area contributed by atoms with Gasteiger partial charge >= 0.3 is 12.1 Å². The molecule has 0 saturated carbocycles. The molecule has 1 aliphatic heterocycles. The Bertz CT molecular complexity index is 659. The van der Waals surface area contributed by atoms with Crippen molar-refractivity contribution in [3.8, 4) is 5.75 Å². The van der Waals surface area contributed by atoms with Gasteiger partial charge in [-0.15, -0.1) is 0 Å². The third-order valence-corrected chi connectivity index (χ3v) is 3.79. The second kappa shape index (κ2) is 8.60. The predicted molar refractivity (Wildman–Crippen MR) is 99.9 cm³/mol. The van der Waals surface area contributed by atoms with E-state index >= 15 is 0 Å². The molecule has 7 heteroatoms. The monoisotopic (exact) mass is 361 g/mol. The quantitative estimate of drug-likeness (QED) is 0.899. The summed E-state index contributed by atoms with van der Waals surface area (Å²) < 4.78 is 10.5. The standard InChI is InChI=1S/C19H27N3O4/c1-19(2,3)26-18(24)22-12-10-21(11-13-22)17(23)20-9-8-15-6-5-7-16(14-15)25-4/h5-9,14H,10-13H2,1-4H3,(H,20,23)/b9-8+. The number of ether oxygens (including phenoxy) is 2. The third-order valence-electron chi connectivity index (χ3n) is 3.79. The van der Waals surface area contributed by atoms with Crippen molar-refractivity contribution < 1.29 is 19.1 Å². The van der Waals surface area contributed by atoms with Crippen LogP contribution in [0, 0.1) is 0 Å². The van der Waals surface area contributed by atoms with Gasteiger partial charge in [0, 0.05) is 32.4 Å². The number of amides is 3. The van der Waals surface area contributed by atoms with Gasteiger partial charge in [0.05, 0.1) is 7.11 Å². The Morgan fingerprint density at radius 3 is 2.38 bits per heavy atom. The molecule has 1 heterocycles. The largest absolute Gasteiger partial charge is 0.497 e. The minimum atomic E-state index is -0.517. The highest BCUT2D eigenvalue weighted by Gasteiger charge is 2.27. The van der Waals surface area contributed by atoms with E-state index in [-0.39, 0.29) is 12.1 Å². The number of urea groups is 1. The van der Waals surface area contributed by atoms with E-state index in [9.17, 15) is 9.59 Å². The number of nitrogens with zero attached hydrogens (tertiary/aromatic N) is 2. The molecule has 1 aliphatic rings. The Balaban J connectivity index is 1.79. The SMILES string of the molecule is COc1cccc(/C=C/NC(=O)N2CCN(C(=O)OC(C)(C)C)CC2)c1. The van der Waals surface area contributed by atoms with Gasteiger partial charge in [0.1, 0.15) is 11.4 Å². The lowest BCUT2D eigenvalue weighted by Crippen LogP contribution is -2.53. The minimum Gasteiger partial charge on any atom is -0.497 e. The van der Waals surface area contributed by atoms with Crippen molar-refractivity contribution >= 4 is 18.2 Å². The number of nitrogens with one attached hydrogen (secondary N) is 1. The molecule has 0 spiro atoms. The van der Waals surface area contributed by atoms with Crippen LogP contribution in [0.15, 0.2) is 30.5 Å². The van der Waals surface area contributed by atoms with Gasteiger partial charge in [-0.1, -0.05) is 12.1 Å². The van der Waals surface area contributed by atoms with Crippen LogP contribution in [0.4, 0.5) is 9.59 Å². The number of methoxy groups -OCH3 is 1. The third kappa shape index (κ3) is 5.98. The molecule has 142 valence electrons. The molecule has 7 nitrogen and oxygen atoms in total. The van der Waals surface area contributed by atoms with Crippen LogP contribution in [-0.2, 0) is 4.74 Å². The van der Waals surface area contributed by atoms with Crippen molar-refractivity contribution in [3.63, 3.8) is 0 Å². The van der Waals surface area contributed by atoms with Crippen molar-refractivity contribution in [1.29, 1.82) is 0 Å². The number of carbonyl (C=O) groups is 2. The summed E-state index contributed by atoms with van der Waals surface area (Å²) in [7, 11) is 1.61. The lowest BCUT2D eigenvalue weighted by Gasteiger charge is -2.35. The van der Waals surface area contributed by atoms with Gasteiger partial charge < -0.3 is 24.6 Å². The number of hydrogen-bond acceptors (Lipinski definition) is 4. The Kier molecular flexibility index (Phi) is 6.49. The molecule has 0 atom stereocenters. The van der Waals surface area contributed by atoms with E-state index in [2.05, 4.69) is 5.32 Å². The molecule has 0 radical (unpaired) electrons. The summed E-state index contributed by atoms with van der Waals surface area (Å²) in [6.45, 7) is 7.37. The number of rotatable bonds is 3. The lowest BCUT2D eigenvalue weighted by atomic mass is 10.2. The van der Waals surface area contributed by atoms with Crippen molar-refractivity contribution in [2.45, 2.75) is 26.4 Å². The van der Waals surface area contributed by atoms with E-state index in [0.717, 1.165) is 11.3 Å². The van der Waals surface area contributed by atoms with E-state index in [4.69, 9.17) is 9.47 Å². The van der Waals surface area contributed by atoms with Gasteiger partial charge in [-0.25, -0.2) is 9.59 Å². The average Bonchev–Trinajstić information content (AvgIpc) is 2.60. The van der Waals surface area contributed by atoms with Crippen LogP contribution in [0.1, 0.15) is 26.3 Å². The zero-order valence-electron chi connectivity index (χ0n) is 15.8. The van der Waals surface area contributed by atoms with Gasteiger partial charge in [-0.05, 0) is 44.5 Å². The first kappa shape index (κ1) is 19.6.